The average Bonchev–Trinajstić information content (AvgIpc) is 2.62. The van der Waals surface area contributed by atoms with Crippen molar-refractivity contribution >= 4 is 23.3 Å². The van der Waals surface area contributed by atoms with Gasteiger partial charge in [0.25, 0.3) is 0 Å². The second-order valence-corrected chi connectivity index (χ2v) is 6.46. The number of esters is 1. The number of ether oxygens (including phenoxy) is 2. The molecule has 0 aromatic heterocycles. The number of hydrogen-bond acceptors (Lipinski definition) is 4. The van der Waals surface area contributed by atoms with Crippen molar-refractivity contribution in [3.8, 4) is 5.75 Å². The largest absolute Gasteiger partial charge is 0.466 e. The highest BCUT2D eigenvalue weighted by molar-refractivity contribution is 7.80. The molecule has 2 heterocycles. The lowest BCUT2D eigenvalue weighted by molar-refractivity contribution is -0.165. The molecule has 2 aliphatic heterocycles. The zero-order valence-corrected chi connectivity index (χ0v) is 14.5. The summed E-state index contributed by atoms with van der Waals surface area (Å²) < 4.78 is 11.8. The lowest BCUT2D eigenvalue weighted by Crippen LogP contribution is -2.69. The van der Waals surface area contributed by atoms with Gasteiger partial charge >= 0.3 is 5.97 Å². The van der Waals surface area contributed by atoms with Gasteiger partial charge in [0, 0.05) is 11.1 Å². The van der Waals surface area contributed by atoms with Crippen LogP contribution in [0.4, 0.5) is 0 Å². The van der Waals surface area contributed by atoms with Gasteiger partial charge in [0.05, 0.1) is 12.6 Å². The quantitative estimate of drug-likeness (QED) is 0.653. The van der Waals surface area contributed by atoms with E-state index >= 15 is 0 Å². The molecule has 2 aliphatic rings. The molecule has 0 amide bonds. The lowest BCUT2D eigenvalue weighted by Gasteiger charge is -2.51. The molecule has 2 aromatic carbocycles. The third-order valence-electron chi connectivity index (χ3n) is 4.63. The third-order valence-corrected chi connectivity index (χ3v) is 4.85. The first-order chi connectivity index (χ1) is 12.2. The van der Waals surface area contributed by atoms with E-state index in [-0.39, 0.29) is 12.0 Å². The summed E-state index contributed by atoms with van der Waals surface area (Å²) in [6.45, 7) is 2.10. The van der Waals surface area contributed by atoms with Gasteiger partial charge in [0.1, 0.15) is 11.7 Å². The molecule has 1 fully saturated rings. The van der Waals surface area contributed by atoms with Crippen LogP contribution in [0.3, 0.4) is 0 Å². The molecule has 128 valence electrons. The molecule has 0 saturated carbocycles. The van der Waals surface area contributed by atoms with Crippen molar-refractivity contribution in [2.24, 2.45) is 5.92 Å². The van der Waals surface area contributed by atoms with E-state index in [9.17, 15) is 4.79 Å². The first-order valence-corrected chi connectivity index (χ1v) is 8.65. The smallest absolute Gasteiger partial charge is 0.317 e. The van der Waals surface area contributed by atoms with Gasteiger partial charge in [-0.25, -0.2) is 0 Å². The zero-order valence-electron chi connectivity index (χ0n) is 13.7. The molecule has 5 nitrogen and oxygen atoms in total. The minimum atomic E-state index is -1.10. The van der Waals surface area contributed by atoms with Crippen LogP contribution in [0.1, 0.15) is 24.1 Å². The standard InChI is InChI=1S/C19H18N2O3S/c1-2-23-17(22)15-16-13-10-6-7-11-14(13)24-19(15,21-18(25)20-16)12-8-4-3-5-9-12/h3-11,15-16H,2H2,1H3,(H2,20,21,25)/t15?,16?,19-/m0/s1. The molecule has 0 spiro atoms. The van der Waals surface area contributed by atoms with Crippen molar-refractivity contribution in [2.45, 2.75) is 18.7 Å². The van der Waals surface area contributed by atoms with Crippen LogP contribution < -0.4 is 15.4 Å². The van der Waals surface area contributed by atoms with Crippen LogP contribution in [0, 0.1) is 5.92 Å². The number of nitrogens with one attached hydrogen (secondary N) is 2. The van der Waals surface area contributed by atoms with E-state index in [4.69, 9.17) is 21.7 Å². The second-order valence-electron chi connectivity index (χ2n) is 6.05. The van der Waals surface area contributed by atoms with Gasteiger partial charge < -0.3 is 20.1 Å². The molecule has 6 heteroatoms. The van der Waals surface area contributed by atoms with Crippen molar-refractivity contribution < 1.29 is 14.3 Å². The highest BCUT2D eigenvalue weighted by Gasteiger charge is 2.59. The van der Waals surface area contributed by atoms with Crippen molar-refractivity contribution in [1.82, 2.24) is 10.6 Å². The summed E-state index contributed by atoms with van der Waals surface area (Å²) >= 11 is 5.41. The van der Waals surface area contributed by atoms with E-state index in [1.54, 1.807) is 6.92 Å². The molecule has 2 unspecified atom stereocenters. The Labute approximate surface area is 151 Å². The van der Waals surface area contributed by atoms with Crippen LogP contribution in [-0.4, -0.2) is 17.7 Å². The van der Waals surface area contributed by atoms with Crippen molar-refractivity contribution in [2.75, 3.05) is 6.61 Å². The van der Waals surface area contributed by atoms with E-state index in [0.717, 1.165) is 16.9 Å². The molecule has 4 rings (SSSR count). The molecule has 2 N–H and O–H groups in total. The van der Waals surface area contributed by atoms with Crippen molar-refractivity contribution in [1.29, 1.82) is 0 Å². The van der Waals surface area contributed by atoms with Gasteiger partial charge in [0.2, 0.25) is 5.72 Å². The maximum Gasteiger partial charge on any atom is 0.317 e. The summed E-state index contributed by atoms with van der Waals surface area (Å²) in [5, 5.41) is 6.88. The number of hydrogen-bond donors (Lipinski definition) is 2. The second kappa shape index (κ2) is 6.04. The van der Waals surface area contributed by atoms with Crippen molar-refractivity contribution in [3.63, 3.8) is 0 Å². The van der Waals surface area contributed by atoms with E-state index < -0.39 is 11.6 Å². The first-order valence-electron chi connectivity index (χ1n) is 8.24. The van der Waals surface area contributed by atoms with Crippen LogP contribution in [0.5, 0.6) is 5.75 Å². The number of fused-ring (bicyclic) bond motifs is 4. The van der Waals surface area contributed by atoms with E-state index in [0.29, 0.717) is 11.7 Å². The van der Waals surface area contributed by atoms with Crippen LogP contribution in [0.2, 0.25) is 0 Å². The van der Waals surface area contributed by atoms with Crippen LogP contribution in [-0.2, 0) is 15.3 Å². The summed E-state index contributed by atoms with van der Waals surface area (Å²) in [6.07, 6.45) is 0. The van der Waals surface area contributed by atoms with Crippen LogP contribution in [0.25, 0.3) is 0 Å². The predicted molar refractivity (Wildman–Crippen MR) is 96.9 cm³/mol. The maximum absolute atomic E-state index is 12.9. The lowest BCUT2D eigenvalue weighted by atomic mass is 9.76. The number of thiocarbonyl (C=S) groups is 1. The van der Waals surface area contributed by atoms with Gasteiger partial charge in [-0.15, -0.1) is 0 Å². The van der Waals surface area contributed by atoms with E-state index in [1.807, 2.05) is 54.6 Å². The number of carbonyl (C=O) groups is 1. The highest BCUT2D eigenvalue weighted by atomic mass is 32.1. The molecule has 0 radical (unpaired) electrons. The number of benzene rings is 2. The van der Waals surface area contributed by atoms with Gasteiger partial charge in [-0.05, 0) is 25.2 Å². The monoisotopic (exact) mass is 354 g/mol. The van der Waals surface area contributed by atoms with Crippen LogP contribution in [0.15, 0.2) is 54.6 Å². The molecular formula is C19H18N2O3S. The van der Waals surface area contributed by atoms with E-state index in [1.165, 1.54) is 0 Å². The maximum atomic E-state index is 12.9. The summed E-state index contributed by atoms with van der Waals surface area (Å²) in [4.78, 5) is 12.9. The molecule has 1 saturated heterocycles. The Hall–Kier alpha value is -2.60. The highest BCUT2D eigenvalue weighted by Crippen LogP contribution is 2.49. The molecular weight excluding hydrogens is 336 g/mol. The fourth-order valence-corrected chi connectivity index (χ4v) is 3.90. The van der Waals surface area contributed by atoms with Gasteiger partial charge in [-0.1, -0.05) is 48.5 Å². The normalized spacial score (nSPS) is 26.5. The molecule has 0 aliphatic carbocycles. The summed E-state index contributed by atoms with van der Waals surface area (Å²) in [5.74, 6) is -0.218. The topological polar surface area (TPSA) is 59.6 Å². The third kappa shape index (κ3) is 2.44. The number of para-hydroxylation sites is 1. The Bertz CT molecular complexity index is 826. The Balaban J connectivity index is 1.94. The van der Waals surface area contributed by atoms with E-state index in [2.05, 4.69) is 10.6 Å². The van der Waals surface area contributed by atoms with Crippen molar-refractivity contribution in [3.05, 3.63) is 65.7 Å². The molecule has 2 bridgehead atoms. The van der Waals surface area contributed by atoms with Crippen LogP contribution >= 0.6 is 12.2 Å². The zero-order chi connectivity index (χ0) is 17.4. The summed E-state index contributed by atoms with van der Waals surface area (Å²) in [7, 11) is 0. The predicted octanol–water partition coefficient (Wildman–Crippen LogP) is 2.63. The number of carbonyl (C=O) groups excluding carboxylic acids is 1. The summed E-state index contributed by atoms with van der Waals surface area (Å²) in [5.41, 5.74) is 0.627. The Morgan fingerprint density at radius 2 is 1.92 bits per heavy atom. The SMILES string of the molecule is CCOC(=O)C1C2NC(=S)N[C@@]1(c1ccccc1)Oc1ccccc12. The van der Waals surface area contributed by atoms with Gasteiger partial charge in [-0.3, -0.25) is 4.79 Å². The average molecular weight is 354 g/mol. The fraction of sp³-hybridized carbons (Fsp3) is 0.263. The molecule has 3 atom stereocenters. The van der Waals surface area contributed by atoms with Gasteiger partial charge in [-0.2, -0.15) is 0 Å². The summed E-state index contributed by atoms with van der Waals surface area (Å²) in [6, 6.07) is 17.0. The molecule has 2 aromatic rings. The molecule has 25 heavy (non-hydrogen) atoms. The Kier molecular flexibility index (Phi) is 3.84. The Morgan fingerprint density at radius 1 is 1.20 bits per heavy atom. The Morgan fingerprint density at radius 3 is 2.68 bits per heavy atom. The minimum absolute atomic E-state index is 0.305. The minimum Gasteiger partial charge on any atom is -0.466 e. The fourth-order valence-electron chi connectivity index (χ4n) is 3.62. The first kappa shape index (κ1) is 15.9. The van der Waals surface area contributed by atoms with Gasteiger partial charge in [0.15, 0.2) is 5.11 Å². The number of rotatable bonds is 3.